The molecule has 0 radical (unpaired) electrons. The normalized spacial score (nSPS) is 10.8. The molecule has 2 heterocycles. The first-order valence-electron chi connectivity index (χ1n) is 6.68. The highest BCUT2D eigenvalue weighted by atomic mass is 32.1. The molecule has 0 spiro atoms. The van der Waals surface area contributed by atoms with Crippen molar-refractivity contribution in [1.82, 2.24) is 9.97 Å². The van der Waals surface area contributed by atoms with E-state index in [1.54, 1.807) is 18.6 Å². The molecule has 0 amide bonds. The van der Waals surface area contributed by atoms with Crippen molar-refractivity contribution >= 4 is 17.3 Å². The molecule has 20 heavy (non-hydrogen) atoms. The van der Waals surface area contributed by atoms with Crippen molar-refractivity contribution in [1.29, 1.82) is 0 Å². The smallest absolute Gasteiger partial charge is 0.349 e. The molecule has 0 unspecified atom stereocenters. The summed E-state index contributed by atoms with van der Waals surface area (Å²) < 4.78 is 5.26. The van der Waals surface area contributed by atoms with Crippen LogP contribution in [0.2, 0.25) is 0 Å². The predicted molar refractivity (Wildman–Crippen MR) is 79.0 cm³/mol. The lowest BCUT2D eigenvalue weighted by atomic mass is 10.1. The molecule has 0 saturated heterocycles. The lowest BCUT2D eigenvalue weighted by molar-refractivity contribution is 0.0506. The zero-order valence-corrected chi connectivity index (χ0v) is 12.5. The van der Waals surface area contributed by atoms with Crippen LogP contribution in [0, 0.1) is 0 Å². The molecule has 0 fully saturated rings. The average Bonchev–Trinajstić information content (AvgIpc) is 2.94. The van der Waals surface area contributed by atoms with Gasteiger partial charge in [0, 0.05) is 18.3 Å². The third kappa shape index (κ3) is 4.13. The monoisotopic (exact) mass is 290 g/mol. The maximum Gasteiger partial charge on any atom is 0.349 e. The number of aromatic nitrogens is 2. The van der Waals surface area contributed by atoms with Gasteiger partial charge in [-0.15, -0.1) is 11.3 Å². The van der Waals surface area contributed by atoms with Crippen LogP contribution in [-0.2, 0) is 11.2 Å². The van der Waals surface area contributed by atoms with Crippen molar-refractivity contribution in [2.75, 3.05) is 6.61 Å². The molecule has 0 saturated carbocycles. The fourth-order valence-corrected chi connectivity index (χ4v) is 2.52. The largest absolute Gasteiger partial charge is 0.461 e. The van der Waals surface area contributed by atoms with Crippen molar-refractivity contribution < 1.29 is 9.53 Å². The zero-order valence-electron chi connectivity index (χ0n) is 11.7. The van der Waals surface area contributed by atoms with E-state index in [-0.39, 0.29) is 5.97 Å². The third-order valence-electron chi connectivity index (χ3n) is 2.81. The highest BCUT2D eigenvalue weighted by Gasteiger charge is 2.13. The maximum absolute atomic E-state index is 11.8. The summed E-state index contributed by atoms with van der Waals surface area (Å²) in [5.41, 5.74) is 1.20. The quantitative estimate of drug-likeness (QED) is 0.604. The number of carbonyl (C=O) groups excluding carboxylic acids is 1. The summed E-state index contributed by atoms with van der Waals surface area (Å²) in [5.74, 6) is 0.0670. The fourth-order valence-electron chi connectivity index (χ4n) is 1.71. The summed E-state index contributed by atoms with van der Waals surface area (Å²) in [4.78, 5) is 20.6. The Bertz CT molecular complexity index is 552. The third-order valence-corrected chi connectivity index (χ3v) is 4.09. The molecule has 0 aliphatic heterocycles. The molecule has 0 aliphatic carbocycles. The molecule has 106 valence electrons. The van der Waals surface area contributed by atoms with Crippen LogP contribution in [0.4, 0.5) is 0 Å². The number of aryl methyl sites for hydroxylation is 1. The second-order valence-corrected chi connectivity index (χ2v) is 5.87. The number of pyridine rings is 1. The van der Waals surface area contributed by atoms with Gasteiger partial charge in [-0.3, -0.25) is 4.98 Å². The highest BCUT2D eigenvalue weighted by Crippen LogP contribution is 2.21. The number of thiazole rings is 1. The van der Waals surface area contributed by atoms with Gasteiger partial charge in [0.25, 0.3) is 0 Å². The Kier molecular flexibility index (Phi) is 5.24. The van der Waals surface area contributed by atoms with Crippen LogP contribution in [0.1, 0.15) is 46.4 Å². The van der Waals surface area contributed by atoms with Gasteiger partial charge >= 0.3 is 5.97 Å². The van der Waals surface area contributed by atoms with Crippen molar-refractivity contribution in [3.8, 4) is 0 Å². The molecule has 5 heteroatoms. The van der Waals surface area contributed by atoms with Gasteiger partial charge in [-0.05, 0) is 30.5 Å². The maximum atomic E-state index is 11.8. The van der Waals surface area contributed by atoms with Gasteiger partial charge < -0.3 is 4.74 Å². The van der Waals surface area contributed by atoms with Gasteiger partial charge in [0.05, 0.1) is 17.8 Å². The van der Waals surface area contributed by atoms with Crippen molar-refractivity contribution in [2.24, 2.45) is 0 Å². The van der Waals surface area contributed by atoms with E-state index in [1.807, 2.05) is 12.1 Å². The topological polar surface area (TPSA) is 52.1 Å². The Morgan fingerprint density at radius 1 is 1.35 bits per heavy atom. The molecule has 2 aromatic rings. The summed E-state index contributed by atoms with van der Waals surface area (Å²) in [6.45, 7) is 4.54. The fraction of sp³-hybridized carbons (Fsp3) is 0.400. The number of rotatable bonds is 6. The van der Waals surface area contributed by atoms with Gasteiger partial charge in [0.2, 0.25) is 0 Å². The van der Waals surface area contributed by atoms with Gasteiger partial charge in [-0.25, -0.2) is 9.78 Å². The Morgan fingerprint density at radius 3 is 2.75 bits per heavy atom. The van der Waals surface area contributed by atoms with Crippen molar-refractivity contribution in [3.05, 3.63) is 46.2 Å². The number of nitrogens with zero attached hydrogens (tertiary/aromatic N) is 2. The first kappa shape index (κ1) is 14.7. The highest BCUT2D eigenvalue weighted by molar-refractivity contribution is 7.13. The van der Waals surface area contributed by atoms with Crippen LogP contribution in [0.25, 0.3) is 0 Å². The standard InChI is InChI=1S/C15H18N2O2S/c1-11(2)14-17-10-13(20-14)15(18)19-9-3-4-12-5-7-16-8-6-12/h5-8,10-11H,3-4,9H2,1-2H3. The minimum Gasteiger partial charge on any atom is -0.461 e. The molecule has 2 rings (SSSR count). The predicted octanol–water partition coefficient (Wildman–Crippen LogP) is 3.45. The van der Waals surface area contributed by atoms with Crippen LogP contribution in [0.3, 0.4) is 0 Å². The van der Waals surface area contributed by atoms with Crippen molar-refractivity contribution in [3.63, 3.8) is 0 Å². The SMILES string of the molecule is CC(C)c1ncc(C(=O)OCCCc2ccncc2)s1. The van der Waals surface area contributed by atoms with Gasteiger partial charge in [-0.1, -0.05) is 13.8 Å². The molecule has 0 N–H and O–H groups in total. The Hall–Kier alpha value is -1.75. The van der Waals surface area contributed by atoms with Crippen LogP contribution < -0.4 is 0 Å². The van der Waals surface area contributed by atoms with Crippen LogP contribution in [0.5, 0.6) is 0 Å². The van der Waals surface area contributed by atoms with E-state index in [4.69, 9.17) is 4.74 Å². The number of esters is 1. The number of hydrogen-bond acceptors (Lipinski definition) is 5. The lowest BCUT2D eigenvalue weighted by Gasteiger charge is -2.03. The molecular formula is C15H18N2O2S. The van der Waals surface area contributed by atoms with E-state index >= 15 is 0 Å². The van der Waals surface area contributed by atoms with Gasteiger partial charge in [0.15, 0.2) is 0 Å². The molecule has 4 nitrogen and oxygen atoms in total. The lowest BCUT2D eigenvalue weighted by Crippen LogP contribution is -2.05. The zero-order chi connectivity index (χ0) is 14.4. The van der Waals surface area contributed by atoms with E-state index < -0.39 is 0 Å². The molecule has 2 aromatic heterocycles. The molecular weight excluding hydrogens is 272 g/mol. The van der Waals surface area contributed by atoms with Gasteiger partial charge in [0.1, 0.15) is 4.88 Å². The molecule has 0 bridgehead atoms. The van der Waals surface area contributed by atoms with E-state index in [1.165, 1.54) is 16.9 Å². The van der Waals surface area contributed by atoms with Gasteiger partial charge in [-0.2, -0.15) is 0 Å². The first-order chi connectivity index (χ1) is 9.66. The molecule has 0 aliphatic rings. The Labute approximate surface area is 122 Å². The summed E-state index contributed by atoms with van der Waals surface area (Å²) in [6, 6.07) is 3.94. The number of carbonyl (C=O) groups is 1. The minimum atomic E-state index is -0.274. The van der Waals surface area contributed by atoms with E-state index in [0.717, 1.165) is 17.8 Å². The van der Waals surface area contributed by atoms with E-state index in [0.29, 0.717) is 17.4 Å². The second kappa shape index (κ2) is 7.14. The summed E-state index contributed by atoms with van der Waals surface area (Å²) >= 11 is 1.41. The Morgan fingerprint density at radius 2 is 2.10 bits per heavy atom. The van der Waals surface area contributed by atoms with Crippen LogP contribution in [-0.4, -0.2) is 22.5 Å². The summed E-state index contributed by atoms with van der Waals surface area (Å²) in [5, 5.41) is 0.966. The molecule has 0 aromatic carbocycles. The van der Waals surface area contributed by atoms with E-state index in [9.17, 15) is 4.79 Å². The second-order valence-electron chi connectivity index (χ2n) is 4.81. The van der Waals surface area contributed by atoms with E-state index in [2.05, 4.69) is 23.8 Å². The summed E-state index contributed by atoms with van der Waals surface area (Å²) in [7, 11) is 0. The Balaban J connectivity index is 1.75. The van der Waals surface area contributed by atoms with Crippen LogP contribution in [0.15, 0.2) is 30.7 Å². The minimum absolute atomic E-state index is 0.274. The van der Waals surface area contributed by atoms with Crippen LogP contribution >= 0.6 is 11.3 Å². The number of ether oxygens (including phenoxy) is 1. The number of hydrogen-bond donors (Lipinski definition) is 0. The first-order valence-corrected chi connectivity index (χ1v) is 7.50. The molecule has 0 atom stereocenters. The average molecular weight is 290 g/mol. The van der Waals surface area contributed by atoms with Crippen molar-refractivity contribution in [2.45, 2.75) is 32.6 Å². The summed E-state index contributed by atoms with van der Waals surface area (Å²) in [6.07, 6.45) is 6.84.